The van der Waals surface area contributed by atoms with Gasteiger partial charge in [0.15, 0.2) is 0 Å². The van der Waals surface area contributed by atoms with E-state index < -0.39 is 17.9 Å². The SMILES string of the molecule is COc1ccc(C(=O)NN[C@@H]2CC(=O)N(N(C)C)C2=O)cc1. The van der Waals surface area contributed by atoms with E-state index in [0.29, 0.717) is 11.3 Å². The van der Waals surface area contributed by atoms with Crippen LogP contribution in [0.4, 0.5) is 0 Å². The van der Waals surface area contributed by atoms with Crippen LogP contribution < -0.4 is 15.6 Å². The lowest BCUT2D eigenvalue weighted by Crippen LogP contribution is -2.50. The van der Waals surface area contributed by atoms with Crippen molar-refractivity contribution in [3.8, 4) is 5.75 Å². The first-order valence-electron chi connectivity index (χ1n) is 6.68. The maximum Gasteiger partial charge on any atom is 0.265 e. The molecular weight excluding hydrogens is 288 g/mol. The van der Waals surface area contributed by atoms with Crippen LogP contribution in [0.25, 0.3) is 0 Å². The molecule has 1 atom stereocenters. The summed E-state index contributed by atoms with van der Waals surface area (Å²) in [7, 11) is 4.75. The third kappa shape index (κ3) is 3.23. The lowest BCUT2D eigenvalue weighted by molar-refractivity contribution is -0.153. The number of hydrogen-bond donors (Lipinski definition) is 2. The topological polar surface area (TPSA) is 91.0 Å². The normalized spacial score (nSPS) is 18.0. The van der Waals surface area contributed by atoms with Crippen LogP contribution >= 0.6 is 0 Å². The molecule has 1 aliphatic heterocycles. The van der Waals surface area contributed by atoms with Gasteiger partial charge in [-0.3, -0.25) is 19.8 Å². The minimum Gasteiger partial charge on any atom is -0.497 e. The molecule has 1 heterocycles. The number of hydrazine groups is 2. The second kappa shape index (κ2) is 6.54. The Morgan fingerprint density at radius 3 is 2.41 bits per heavy atom. The van der Waals surface area contributed by atoms with E-state index in [2.05, 4.69) is 10.9 Å². The highest BCUT2D eigenvalue weighted by Crippen LogP contribution is 2.14. The van der Waals surface area contributed by atoms with Crippen LogP contribution in [0.3, 0.4) is 0 Å². The molecule has 22 heavy (non-hydrogen) atoms. The fraction of sp³-hybridized carbons (Fsp3) is 0.357. The summed E-state index contributed by atoms with van der Waals surface area (Å²) in [6.45, 7) is 0. The van der Waals surface area contributed by atoms with Crippen molar-refractivity contribution < 1.29 is 19.1 Å². The Balaban J connectivity index is 1.94. The van der Waals surface area contributed by atoms with Crippen LogP contribution in [0, 0.1) is 0 Å². The van der Waals surface area contributed by atoms with Gasteiger partial charge in [0.2, 0.25) is 5.91 Å². The van der Waals surface area contributed by atoms with Gasteiger partial charge in [-0.05, 0) is 24.3 Å². The van der Waals surface area contributed by atoms with Gasteiger partial charge in [0, 0.05) is 19.7 Å². The molecule has 8 nitrogen and oxygen atoms in total. The quantitative estimate of drug-likeness (QED) is 0.565. The second-order valence-electron chi connectivity index (χ2n) is 4.97. The Hall–Kier alpha value is -2.45. The van der Waals surface area contributed by atoms with Crippen molar-refractivity contribution in [1.82, 2.24) is 20.9 Å². The Morgan fingerprint density at radius 2 is 1.91 bits per heavy atom. The van der Waals surface area contributed by atoms with Crippen molar-refractivity contribution in [2.24, 2.45) is 0 Å². The summed E-state index contributed by atoms with van der Waals surface area (Å²) in [6.07, 6.45) is -0.0000934. The number of nitrogens with one attached hydrogen (secondary N) is 2. The fourth-order valence-electron chi connectivity index (χ4n) is 2.12. The summed E-state index contributed by atoms with van der Waals surface area (Å²) in [5.41, 5.74) is 5.46. The van der Waals surface area contributed by atoms with Crippen LogP contribution in [0.1, 0.15) is 16.8 Å². The molecule has 0 aliphatic carbocycles. The van der Waals surface area contributed by atoms with Crippen LogP contribution in [-0.4, -0.2) is 55.0 Å². The summed E-state index contributed by atoms with van der Waals surface area (Å²) < 4.78 is 5.01. The third-order valence-electron chi connectivity index (χ3n) is 3.23. The van der Waals surface area contributed by atoms with Gasteiger partial charge < -0.3 is 4.74 Å². The van der Waals surface area contributed by atoms with E-state index in [0.717, 1.165) is 5.01 Å². The zero-order valence-electron chi connectivity index (χ0n) is 12.6. The summed E-state index contributed by atoms with van der Waals surface area (Å²) in [5.74, 6) is -0.467. The van der Waals surface area contributed by atoms with Crippen molar-refractivity contribution in [2.75, 3.05) is 21.2 Å². The lowest BCUT2D eigenvalue weighted by Gasteiger charge is -2.21. The molecule has 1 fully saturated rings. The molecule has 8 heteroatoms. The number of carbonyl (C=O) groups is 3. The molecule has 2 rings (SSSR count). The van der Waals surface area contributed by atoms with Gasteiger partial charge in [0.1, 0.15) is 11.8 Å². The first-order valence-corrected chi connectivity index (χ1v) is 6.68. The van der Waals surface area contributed by atoms with Crippen molar-refractivity contribution in [1.29, 1.82) is 0 Å². The largest absolute Gasteiger partial charge is 0.497 e. The molecule has 0 saturated carbocycles. The summed E-state index contributed by atoms with van der Waals surface area (Å²) in [5, 5.41) is 2.45. The molecule has 2 N–H and O–H groups in total. The Bertz CT molecular complexity index is 585. The number of nitrogens with zero attached hydrogens (tertiary/aromatic N) is 2. The van der Waals surface area contributed by atoms with E-state index in [-0.39, 0.29) is 12.3 Å². The van der Waals surface area contributed by atoms with Crippen LogP contribution in [0.2, 0.25) is 0 Å². The van der Waals surface area contributed by atoms with E-state index in [1.54, 1.807) is 38.4 Å². The van der Waals surface area contributed by atoms with Gasteiger partial charge in [0.25, 0.3) is 11.8 Å². The number of amides is 3. The van der Waals surface area contributed by atoms with Crippen LogP contribution in [-0.2, 0) is 9.59 Å². The average Bonchev–Trinajstić information content (AvgIpc) is 2.79. The number of rotatable bonds is 5. The monoisotopic (exact) mass is 306 g/mol. The maximum absolute atomic E-state index is 12.0. The van der Waals surface area contributed by atoms with E-state index in [9.17, 15) is 14.4 Å². The Morgan fingerprint density at radius 1 is 1.27 bits per heavy atom. The highest BCUT2D eigenvalue weighted by molar-refractivity contribution is 6.05. The minimum absolute atomic E-state index is 0.0000934. The standard InChI is InChI=1S/C14H18N4O4/c1-17(2)18-12(19)8-11(14(18)21)15-16-13(20)9-4-6-10(22-3)7-5-9/h4-7,11,15H,8H2,1-3H3,(H,16,20)/t11-/m1/s1. The van der Waals surface area contributed by atoms with Crippen LogP contribution in [0.15, 0.2) is 24.3 Å². The molecule has 3 amide bonds. The lowest BCUT2D eigenvalue weighted by atomic mass is 10.2. The van der Waals surface area contributed by atoms with Crippen molar-refractivity contribution in [3.63, 3.8) is 0 Å². The fourth-order valence-corrected chi connectivity index (χ4v) is 2.12. The molecular formula is C14H18N4O4. The number of benzene rings is 1. The summed E-state index contributed by atoms with van der Waals surface area (Å²) in [4.78, 5) is 35.7. The number of carbonyl (C=O) groups excluding carboxylic acids is 3. The van der Waals surface area contributed by atoms with Gasteiger partial charge in [0.05, 0.1) is 13.5 Å². The third-order valence-corrected chi connectivity index (χ3v) is 3.23. The first-order chi connectivity index (χ1) is 10.4. The molecule has 0 spiro atoms. The highest BCUT2D eigenvalue weighted by Gasteiger charge is 2.40. The zero-order valence-corrected chi connectivity index (χ0v) is 12.6. The minimum atomic E-state index is -0.767. The van der Waals surface area contributed by atoms with Gasteiger partial charge in [-0.2, -0.15) is 0 Å². The molecule has 0 bridgehead atoms. The maximum atomic E-state index is 12.0. The van der Waals surface area contributed by atoms with E-state index in [1.807, 2.05) is 0 Å². The number of ether oxygens (including phenoxy) is 1. The van der Waals surface area contributed by atoms with E-state index in [1.165, 1.54) is 12.1 Å². The van der Waals surface area contributed by atoms with Crippen molar-refractivity contribution in [3.05, 3.63) is 29.8 Å². The molecule has 1 aromatic rings. The van der Waals surface area contributed by atoms with Gasteiger partial charge in [-0.1, -0.05) is 0 Å². The van der Waals surface area contributed by atoms with Crippen LogP contribution in [0.5, 0.6) is 5.75 Å². The molecule has 1 aromatic carbocycles. The molecule has 0 aromatic heterocycles. The molecule has 118 valence electrons. The molecule has 0 radical (unpaired) electrons. The Kier molecular flexibility index (Phi) is 4.74. The number of hydrogen-bond acceptors (Lipinski definition) is 6. The smallest absolute Gasteiger partial charge is 0.265 e. The predicted molar refractivity (Wildman–Crippen MR) is 77.5 cm³/mol. The summed E-state index contributed by atoms with van der Waals surface area (Å²) in [6, 6.07) is 5.75. The first kappa shape index (κ1) is 15.9. The number of imide groups is 1. The van der Waals surface area contributed by atoms with Gasteiger partial charge >= 0.3 is 0 Å². The van der Waals surface area contributed by atoms with Gasteiger partial charge in [-0.15, -0.1) is 0 Å². The zero-order chi connectivity index (χ0) is 16.3. The van der Waals surface area contributed by atoms with E-state index >= 15 is 0 Å². The second-order valence-corrected chi connectivity index (χ2v) is 4.97. The van der Waals surface area contributed by atoms with Crippen molar-refractivity contribution in [2.45, 2.75) is 12.5 Å². The highest BCUT2D eigenvalue weighted by atomic mass is 16.5. The molecule has 1 aliphatic rings. The number of methoxy groups -OCH3 is 1. The molecule has 1 saturated heterocycles. The van der Waals surface area contributed by atoms with Crippen molar-refractivity contribution >= 4 is 17.7 Å². The van der Waals surface area contributed by atoms with E-state index in [4.69, 9.17) is 4.74 Å². The predicted octanol–water partition coefficient (Wildman–Crippen LogP) is -0.466. The van der Waals surface area contributed by atoms with Gasteiger partial charge in [-0.25, -0.2) is 15.4 Å². The molecule has 0 unspecified atom stereocenters. The average molecular weight is 306 g/mol. The summed E-state index contributed by atoms with van der Waals surface area (Å²) >= 11 is 0. The Labute approximate surface area is 128 Å².